The Bertz CT molecular complexity index is 667. The first-order chi connectivity index (χ1) is 14.1. The van der Waals surface area contributed by atoms with Crippen molar-refractivity contribution in [3.8, 4) is 0 Å². The molecule has 0 aliphatic carbocycles. The number of amides is 2. The maximum absolute atomic E-state index is 13.4. The van der Waals surface area contributed by atoms with Gasteiger partial charge in [0.25, 0.3) is 5.91 Å². The molecule has 178 valence electrons. The second-order valence-corrected chi connectivity index (χ2v) is 11.6. The van der Waals surface area contributed by atoms with Crippen LogP contribution in [-0.2, 0) is 19.0 Å². The molecule has 2 fully saturated rings. The molecule has 2 aliphatic heterocycles. The molecule has 2 saturated heterocycles. The van der Waals surface area contributed by atoms with E-state index >= 15 is 0 Å². The van der Waals surface area contributed by atoms with E-state index < -0.39 is 23.0 Å². The van der Waals surface area contributed by atoms with Crippen molar-refractivity contribution < 1.29 is 23.8 Å². The highest BCUT2D eigenvalue weighted by Crippen LogP contribution is 2.41. The number of ether oxygens (including phenoxy) is 3. The van der Waals surface area contributed by atoms with Gasteiger partial charge in [-0.05, 0) is 71.6 Å². The van der Waals surface area contributed by atoms with Gasteiger partial charge in [-0.3, -0.25) is 4.79 Å². The molecule has 0 saturated carbocycles. The zero-order valence-corrected chi connectivity index (χ0v) is 21.0. The average molecular weight is 438 g/mol. The molecule has 6 nitrogen and oxygen atoms in total. The van der Waals surface area contributed by atoms with Crippen molar-refractivity contribution in [1.82, 2.24) is 4.90 Å². The highest BCUT2D eigenvalue weighted by Gasteiger charge is 2.56. The van der Waals surface area contributed by atoms with Gasteiger partial charge in [-0.25, -0.2) is 9.69 Å². The molecule has 2 heterocycles. The van der Waals surface area contributed by atoms with Gasteiger partial charge in [-0.1, -0.05) is 33.8 Å². The number of hydrogen-bond donors (Lipinski definition) is 0. The summed E-state index contributed by atoms with van der Waals surface area (Å²) in [5.41, 5.74) is -0.887. The van der Waals surface area contributed by atoms with Crippen molar-refractivity contribution in [2.24, 2.45) is 17.8 Å². The molecule has 0 bridgehead atoms. The highest BCUT2D eigenvalue weighted by atomic mass is 16.7. The molecule has 31 heavy (non-hydrogen) atoms. The number of nitrogens with zero attached hydrogens (tertiary/aromatic N) is 1. The maximum atomic E-state index is 13.4. The quantitative estimate of drug-likeness (QED) is 0.499. The summed E-state index contributed by atoms with van der Waals surface area (Å²) in [6, 6.07) is 0. The van der Waals surface area contributed by atoms with E-state index in [1.54, 1.807) is 20.8 Å². The van der Waals surface area contributed by atoms with Gasteiger partial charge in [0.1, 0.15) is 11.1 Å². The van der Waals surface area contributed by atoms with E-state index in [4.69, 9.17) is 14.2 Å². The minimum atomic E-state index is -0.855. The Morgan fingerprint density at radius 2 is 1.61 bits per heavy atom. The lowest BCUT2D eigenvalue weighted by Gasteiger charge is -2.44. The van der Waals surface area contributed by atoms with E-state index in [1.807, 2.05) is 19.9 Å². The second kappa shape index (κ2) is 9.62. The first kappa shape index (κ1) is 25.9. The molecule has 0 atom stereocenters. The highest BCUT2D eigenvalue weighted by molar-refractivity contribution is 6.06. The monoisotopic (exact) mass is 437 g/mol. The summed E-state index contributed by atoms with van der Waals surface area (Å²) in [5, 5.41) is 0. The van der Waals surface area contributed by atoms with Crippen LogP contribution in [0.4, 0.5) is 4.79 Å². The molecule has 1 spiro atoms. The number of likely N-dealkylation sites (tertiary alicyclic amines) is 1. The van der Waals surface area contributed by atoms with E-state index in [9.17, 15) is 9.59 Å². The Morgan fingerprint density at radius 1 is 1.10 bits per heavy atom. The van der Waals surface area contributed by atoms with Crippen molar-refractivity contribution in [2.75, 3.05) is 13.2 Å². The number of rotatable bonds is 6. The lowest BCUT2D eigenvalue weighted by atomic mass is 9.86. The first-order valence-corrected chi connectivity index (χ1v) is 11.7. The van der Waals surface area contributed by atoms with E-state index in [1.165, 1.54) is 4.90 Å². The standard InChI is InChI=1S/C25H43NO5/c1-17(2)12-19(13-18(3)4)10-11-20-14-25(15-29-24(8,9)30-16-25)26(21(20)27)22(28)31-23(5,6)7/h11,17-19H,10,12-16H2,1-9H3/b20-11+. The molecular formula is C25H43NO5. The second-order valence-electron chi connectivity index (χ2n) is 11.6. The Labute approximate surface area is 188 Å². The molecule has 6 heteroatoms. The Morgan fingerprint density at radius 3 is 2.06 bits per heavy atom. The number of carbonyl (C=O) groups excluding carboxylic acids is 2. The minimum Gasteiger partial charge on any atom is -0.443 e. The first-order valence-electron chi connectivity index (χ1n) is 11.7. The number of hydrogen-bond acceptors (Lipinski definition) is 5. The molecule has 0 radical (unpaired) electrons. The SMILES string of the molecule is CC(C)CC(C/C=C1\CC2(COC(C)(C)OC2)N(C(=O)OC(C)(C)C)C1=O)CC(C)C. The van der Waals surface area contributed by atoms with Gasteiger partial charge < -0.3 is 14.2 Å². The van der Waals surface area contributed by atoms with Crippen LogP contribution in [0, 0.1) is 17.8 Å². The van der Waals surface area contributed by atoms with Gasteiger partial charge in [-0.15, -0.1) is 0 Å². The molecule has 0 aromatic carbocycles. The number of carbonyl (C=O) groups is 2. The van der Waals surface area contributed by atoms with Crippen LogP contribution in [0.2, 0.25) is 0 Å². The van der Waals surface area contributed by atoms with Gasteiger partial charge in [0.05, 0.1) is 13.2 Å². The van der Waals surface area contributed by atoms with Crippen molar-refractivity contribution in [3.63, 3.8) is 0 Å². The minimum absolute atomic E-state index is 0.240. The fraction of sp³-hybridized carbons (Fsp3) is 0.840. The molecule has 0 aromatic rings. The van der Waals surface area contributed by atoms with Crippen molar-refractivity contribution in [2.45, 2.75) is 105 Å². The zero-order valence-electron chi connectivity index (χ0n) is 21.0. The third kappa shape index (κ3) is 7.04. The maximum Gasteiger partial charge on any atom is 0.418 e. The summed E-state index contributed by atoms with van der Waals surface area (Å²) in [6.07, 6.45) is 4.92. The van der Waals surface area contributed by atoms with Gasteiger partial charge >= 0.3 is 6.09 Å². The van der Waals surface area contributed by atoms with Crippen LogP contribution >= 0.6 is 0 Å². The molecule has 0 unspecified atom stereocenters. The van der Waals surface area contributed by atoms with Gasteiger partial charge in [0.15, 0.2) is 5.79 Å². The Kier molecular flexibility index (Phi) is 8.02. The van der Waals surface area contributed by atoms with Crippen LogP contribution in [0.3, 0.4) is 0 Å². The zero-order chi connectivity index (χ0) is 23.6. The smallest absolute Gasteiger partial charge is 0.418 e. The molecule has 2 aliphatic rings. The molecule has 0 N–H and O–H groups in total. The van der Waals surface area contributed by atoms with Crippen molar-refractivity contribution in [1.29, 1.82) is 0 Å². The topological polar surface area (TPSA) is 65.1 Å². The third-order valence-corrected chi connectivity index (χ3v) is 5.73. The average Bonchev–Trinajstić information content (AvgIpc) is 2.85. The molecule has 2 rings (SSSR count). The normalized spacial score (nSPS) is 22.4. The molecule has 2 amide bonds. The Hall–Kier alpha value is -1.40. The van der Waals surface area contributed by atoms with Crippen molar-refractivity contribution >= 4 is 12.0 Å². The largest absolute Gasteiger partial charge is 0.443 e. The summed E-state index contributed by atoms with van der Waals surface area (Å²) >= 11 is 0. The summed E-state index contributed by atoms with van der Waals surface area (Å²) < 4.78 is 17.4. The summed E-state index contributed by atoms with van der Waals surface area (Å²) in [6.45, 7) is 18.5. The predicted octanol–water partition coefficient (Wildman–Crippen LogP) is 5.70. The lowest BCUT2D eigenvalue weighted by Crippen LogP contribution is -2.61. The van der Waals surface area contributed by atoms with Crippen LogP contribution in [0.5, 0.6) is 0 Å². The Balaban J connectivity index is 2.28. The van der Waals surface area contributed by atoms with Crippen LogP contribution < -0.4 is 0 Å². The van der Waals surface area contributed by atoms with Crippen LogP contribution in [0.25, 0.3) is 0 Å². The summed E-state index contributed by atoms with van der Waals surface area (Å²) in [5.74, 6) is 0.709. The predicted molar refractivity (Wildman–Crippen MR) is 122 cm³/mol. The molecular weight excluding hydrogens is 394 g/mol. The van der Waals surface area contributed by atoms with Crippen LogP contribution in [-0.4, -0.2) is 47.0 Å². The summed E-state index contributed by atoms with van der Waals surface area (Å²) in [4.78, 5) is 27.6. The third-order valence-electron chi connectivity index (χ3n) is 5.73. The van der Waals surface area contributed by atoms with E-state index in [0.29, 0.717) is 29.7 Å². The summed E-state index contributed by atoms with van der Waals surface area (Å²) in [7, 11) is 0. The van der Waals surface area contributed by atoms with Crippen LogP contribution in [0.1, 0.15) is 88.0 Å². The lowest BCUT2D eigenvalue weighted by molar-refractivity contribution is -0.279. The van der Waals surface area contributed by atoms with E-state index in [2.05, 4.69) is 27.7 Å². The van der Waals surface area contributed by atoms with Gasteiger partial charge in [0.2, 0.25) is 0 Å². The fourth-order valence-electron chi connectivity index (χ4n) is 4.47. The van der Waals surface area contributed by atoms with Gasteiger partial charge in [-0.2, -0.15) is 0 Å². The molecule has 0 aromatic heterocycles. The van der Waals surface area contributed by atoms with E-state index in [0.717, 1.165) is 19.3 Å². The van der Waals surface area contributed by atoms with Gasteiger partial charge in [0, 0.05) is 12.0 Å². The van der Waals surface area contributed by atoms with E-state index in [-0.39, 0.29) is 19.1 Å². The number of imide groups is 1. The van der Waals surface area contributed by atoms with Crippen molar-refractivity contribution in [3.05, 3.63) is 11.6 Å². The fourth-order valence-corrected chi connectivity index (χ4v) is 4.47. The van der Waals surface area contributed by atoms with Crippen LogP contribution in [0.15, 0.2) is 11.6 Å². The number of allylic oxidation sites excluding steroid dienone is 1.